The lowest BCUT2D eigenvalue weighted by molar-refractivity contribution is -0.274. The number of aryl methyl sites for hydroxylation is 1. The third kappa shape index (κ3) is 3.95. The number of para-hydroxylation sites is 1. The van der Waals surface area contributed by atoms with E-state index in [1.807, 2.05) is 23.6 Å². The molecule has 9 heteroatoms. The maximum atomic E-state index is 12.6. The highest BCUT2D eigenvalue weighted by Gasteiger charge is 2.32. The number of hydrogen-bond donors (Lipinski definition) is 1. The molecular weight excluding hydrogens is 397 g/mol. The number of benzene rings is 2. The van der Waals surface area contributed by atoms with E-state index in [0.717, 1.165) is 17.3 Å². The van der Waals surface area contributed by atoms with E-state index < -0.39 is 18.0 Å². The second-order valence-electron chi connectivity index (χ2n) is 6.41. The first-order valence-corrected chi connectivity index (χ1v) is 8.88. The van der Waals surface area contributed by atoms with Gasteiger partial charge in [0.15, 0.2) is 0 Å². The topological polar surface area (TPSA) is 68.5 Å². The second-order valence-corrected chi connectivity index (χ2v) is 6.41. The number of carbonyl (C=O) groups excluding carboxylic acids is 1. The molecule has 1 N–H and O–H groups in total. The van der Waals surface area contributed by atoms with E-state index in [-0.39, 0.29) is 5.56 Å². The summed E-state index contributed by atoms with van der Waals surface area (Å²) in [5, 5.41) is 2.61. The van der Waals surface area contributed by atoms with Crippen LogP contribution in [0.15, 0.2) is 67.0 Å². The van der Waals surface area contributed by atoms with Gasteiger partial charge >= 0.3 is 6.36 Å². The zero-order valence-corrected chi connectivity index (χ0v) is 15.6. The molecule has 2 heterocycles. The standard InChI is InChI=1S/C21H15F3N4O2/c1-13-18(27-20-25-10-5-11-28(13)20)14-6-4-7-15(12-14)26-19(29)16-8-2-3-9-17(16)30-21(22,23)24/h2-12H,1H3,(H,26,29). The summed E-state index contributed by atoms with van der Waals surface area (Å²) >= 11 is 0. The highest BCUT2D eigenvalue weighted by atomic mass is 19.4. The first kappa shape index (κ1) is 19.4. The molecule has 0 aliphatic rings. The van der Waals surface area contributed by atoms with Gasteiger partial charge in [-0.05, 0) is 37.3 Å². The summed E-state index contributed by atoms with van der Waals surface area (Å²) in [5.74, 6) is -0.751. The average Bonchev–Trinajstić information content (AvgIpc) is 3.04. The predicted octanol–water partition coefficient (Wildman–Crippen LogP) is 4.86. The Morgan fingerprint density at radius 1 is 1.10 bits per heavy atom. The lowest BCUT2D eigenvalue weighted by atomic mass is 10.1. The maximum Gasteiger partial charge on any atom is 0.573 e. The van der Waals surface area contributed by atoms with Crippen LogP contribution in [0.3, 0.4) is 0 Å². The molecule has 1 amide bonds. The number of fused-ring (bicyclic) bond motifs is 1. The molecule has 0 radical (unpaired) electrons. The fraction of sp³-hybridized carbons (Fsp3) is 0.0952. The number of aromatic nitrogens is 3. The largest absolute Gasteiger partial charge is 0.573 e. The Bertz CT molecular complexity index is 1230. The average molecular weight is 412 g/mol. The van der Waals surface area contributed by atoms with Gasteiger partial charge in [-0.3, -0.25) is 9.20 Å². The molecule has 0 bridgehead atoms. The number of rotatable bonds is 4. The zero-order chi connectivity index (χ0) is 21.3. The monoisotopic (exact) mass is 412 g/mol. The molecule has 152 valence electrons. The smallest absolute Gasteiger partial charge is 0.405 e. The van der Waals surface area contributed by atoms with Crippen LogP contribution in [0.5, 0.6) is 5.75 Å². The zero-order valence-electron chi connectivity index (χ0n) is 15.6. The summed E-state index contributed by atoms with van der Waals surface area (Å²) in [7, 11) is 0. The van der Waals surface area contributed by atoms with Crippen molar-refractivity contribution in [1.29, 1.82) is 0 Å². The summed E-state index contributed by atoms with van der Waals surface area (Å²) in [5.41, 5.74) is 2.46. The van der Waals surface area contributed by atoms with Gasteiger partial charge in [0.1, 0.15) is 5.75 Å². The van der Waals surface area contributed by atoms with Gasteiger partial charge in [-0.25, -0.2) is 9.97 Å². The minimum absolute atomic E-state index is 0.228. The first-order valence-electron chi connectivity index (χ1n) is 8.88. The minimum Gasteiger partial charge on any atom is -0.405 e. The number of hydrogen-bond acceptors (Lipinski definition) is 4. The number of anilines is 1. The van der Waals surface area contributed by atoms with Crippen LogP contribution in [0, 0.1) is 6.92 Å². The highest BCUT2D eigenvalue weighted by Crippen LogP contribution is 2.28. The van der Waals surface area contributed by atoms with Gasteiger partial charge < -0.3 is 10.1 Å². The van der Waals surface area contributed by atoms with Gasteiger partial charge in [0.2, 0.25) is 5.78 Å². The molecule has 0 unspecified atom stereocenters. The van der Waals surface area contributed by atoms with Gasteiger partial charge in [-0.15, -0.1) is 13.2 Å². The fourth-order valence-electron chi connectivity index (χ4n) is 3.09. The van der Waals surface area contributed by atoms with E-state index in [4.69, 9.17) is 0 Å². The molecule has 0 saturated carbocycles. The van der Waals surface area contributed by atoms with Gasteiger partial charge in [-0.2, -0.15) is 0 Å². The van der Waals surface area contributed by atoms with Crippen LogP contribution in [0.2, 0.25) is 0 Å². The highest BCUT2D eigenvalue weighted by molar-refractivity contribution is 6.06. The molecule has 0 aliphatic heterocycles. The van der Waals surface area contributed by atoms with Gasteiger partial charge in [0.25, 0.3) is 5.91 Å². The Morgan fingerprint density at radius 3 is 2.67 bits per heavy atom. The van der Waals surface area contributed by atoms with Crippen molar-refractivity contribution < 1.29 is 22.7 Å². The Morgan fingerprint density at radius 2 is 1.90 bits per heavy atom. The molecule has 30 heavy (non-hydrogen) atoms. The van der Waals surface area contributed by atoms with Gasteiger partial charge in [0, 0.05) is 29.3 Å². The summed E-state index contributed by atoms with van der Waals surface area (Å²) in [4.78, 5) is 21.3. The Labute approximate surface area is 169 Å². The summed E-state index contributed by atoms with van der Waals surface area (Å²) < 4.78 is 43.6. The molecule has 0 aliphatic carbocycles. The van der Waals surface area contributed by atoms with Gasteiger partial charge in [-0.1, -0.05) is 24.3 Å². The van der Waals surface area contributed by atoms with Crippen molar-refractivity contribution >= 4 is 17.4 Å². The molecular formula is C21H15F3N4O2. The van der Waals surface area contributed by atoms with Crippen molar-refractivity contribution in [3.63, 3.8) is 0 Å². The minimum atomic E-state index is -4.90. The first-order chi connectivity index (χ1) is 14.3. The van der Waals surface area contributed by atoms with Crippen LogP contribution in [-0.4, -0.2) is 26.6 Å². The van der Waals surface area contributed by atoms with Gasteiger partial charge in [0.05, 0.1) is 11.3 Å². The number of halogens is 3. The number of carbonyl (C=O) groups is 1. The summed E-state index contributed by atoms with van der Waals surface area (Å²) in [6.07, 6.45) is -1.41. The fourth-order valence-corrected chi connectivity index (χ4v) is 3.09. The molecule has 2 aromatic carbocycles. The van der Waals surface area contributed by atoms with E-state index in [1.54, 1.807) is 30.5 Å². The third-order valence-corrected chi connectivity index (χ3v) is 4.39. The number of amides is 1. The van der Waals surface area contributed by atoms with E-state index in [0.29, 0.717) is 17.2 Å². The Kier molecular flexibility index (Phi) is 4.86. The van der Waals surface area contributed by atoms with Crippen molar-refractivity contribution in [2.24, 2.45) is 0 Å². The number of imidazole rings is 1. The Balaban J connectivity index is 1.63. The normalized spacial score (nSPS) is 11.5. The van der Waals surface area contributed by atoms with E-state index >= 15 is 0 Å². The van der Waals surface area contributed by atoms with Crippen molar-refractivity contribution in [3.05, 3.63) is 78.2 Å². The predicted molar refractivity (Wildman–Crippen MR) is 104 cm³/mol. The quantitative estimate of drug-likeness (QED) is 0.520. The molecule has 4 aromatic rings. The van der Waals surface area contributed by atoms with Crippen molar-refractivity contribution in [2.75, 3.05) is 5.32 Å². The number of nitrogens with zero attached hydrogens (tertiary/aromatic N) is 3. The number of alkyl halides is 3. The van der Waals surface area contributed by atoms with E-state index in [1.165, 1.54) is 18.2 Å². The number of ether oxygens (including phenoxy) is 1. The molecule has 0 atom stereocenters. The molecule has 0 spiro atoms. The Hall–Kier alpha value is -3.88. The molecule has 6 nitrogen and oxygen atoms in total. The van der Waals surface area contributed by atoms with Crippen molar-refractivity contribution in [1.82, 2.24) is 14.4 Å². The third-order valence-electron chi connectivity index (χ3n) is 4.39. The second kappa shape index (κ2) is 7.51. The van der Waals surface area contributed by atoms with Crippen LogP contribution in [0.25, 0.3) is 17.0 Å². The molecule has 4 rings (SSSR count). The molecule has 2 aromatic heterocycles. The van der Waals surface area contributed by atoms with Crippen LogP contribution < -0.4 is 10.1 Å². The summed E-state index contributed by atoms with van der Waals surface area (Å²) in [6.45, 7) is 1.90. The van der Waals surface area contributed by atoms with Crippen molar-refractivity contribution in [3.8, 4) is 17.0 Å². The van der Waals surface area contributed by atoms with E-state index in [2.05, 4.69) is 20.0 Å². The SMILES string of the molecule is Cc1c(-c2cccc(NC(=O)c3ccccc3OC(F)(F)F)c2)nc2ncccn12. The van der Waals surface area contributed by atoms with Crippen LogP contribution >= 0.6 is 0 Å². The molecule has 0 saturated heterocycles. The van der Waals surface area contributed by atoms with Crippen LogP contribution in [-0.2, 0) is 0 Å². The van der Waals surface area contributed by atoms with E-state index in [9.17, 15) is 18.0 Å². The maximum absolute atomic E-state index is 12.6. The molecule has 0 fully saturated rings. The summed E-state index contributed by atoms with van der Waals surface area (Å²) in [6, 6.07) is 13.8. The number of nitrogens with one attached hydrogen (secondary N) is 1. The van der Waals surface area contributed by atoms with Crippen LogP contribution in [0.4, 0.5) is 18.9 Å². The lowest BCUT2D eigenvalue weighted by Crippen LogP contribution is -2.20. The van der Waals surface area contributed by atoms with Crippen LogP contribution in [0.1, 0.15) is 16.1 Å². The van der Waals surface area contributed by atoms with Crippen molar-refractivity contribution in [2.45, 2.75) is 13.3 Å². The lowest BCUT2D eigenvalue weighted by Gasteiger charge is -2.13.